The monoisotopic (exact) mass is 396 g/mol. The molecule has 0 saturated heterocycles. The summed E-state index contributed by atoms with van der Waals surface area (Å²) < 4.78 is 5.71. The summed E-state index contributed by atoms with van der Waals surface area (Å²) in [7, 11) is 0. The van der Waals surface area contributed by atoms with Gasteiger partial charge in [0.15, 0.2) is 0 Å². The predicted octanol–water partition coefficient (Wildman–Crippen LogP) is 6.11. The van der Waals surface area contributed by atoms with Gasteiger partial charge in [-0.1, -0.05) is 41.4 Å². The number of nitrogens with one attached hydrogen (secondary N) is 1. The third-order valence-electron chi connectivity index (χ3n) is 3.84. The second-order valence-corrected chi connectivity index (χ2v) is 6.67. The van der Waals surface area contributed by atoms with E-state index in [1.54, 1.807) is 42.5 Å². The highest BCUT2D eigenvalue weighted by Gasteiger charge is 2.13. The summed E-state index contributed by atoms with van der Waals surface area (Å²) in [6.07, 6.45) is 1.39. The van der Waals surface area contributed by atoms with Crippen molar-refractivity contribution in [2.75, 3.05) is 5.32 Å². The zero-order chi connectivity index (χ0) is 19.4. The van der Waals surface area contributed by atoms with Gasteiger partial charge in [0.05, 0.1) is 0 Å². The van der Waals surface area contributed by atoms with Gasteiger partial charge >= 0.3 is 0 Å². The molecule has 134 valence electrons. The van der Waals surface area contributed by atoms with Crippen molar-refractivity contribution < 1.29 is 9.21 Å². The lowest BCUT2D eigenvalue weighted by atomic mass is 10.1. The number of nitrogens with zero attached hydrogens (tertiary/aromatic N) is 1. The van der Waals surface area contributed by atoms with Gasteiger partial charge in [-0.05, 0) is 48.9 Å². The number of nitriles is 1. The summed E-state index contributed by atoms with van der Waals surface area (Å²) in [6.45, 7) is 1.84. The number of anilines is 1. The molecule has 0 spiro atoms. The van der Waals surface area contributed by atoms with E-state index in [2.05, 4.69) is 5.32 Å². The van der Waals surface area contributed by atoms with Crippen LogP contribution in [0.15, 0.2) is 64.6 Å². The molecular weight excluding hydrogens is 383 g/mol. The summed E-state index contributed by atoms with van der Waals surface area (Å²) in [4.78, 5) is 12.4. The maximum Gasteiger partial charge on any atom is 0.266 e. The molecule has 27 heavy (non-hydrogen) atoms. The van der Waals surface area contributed by atoms with Crippen LogP contribution in [0.3, 0.4) is 0 Å². The molecule has 0 aliphatic heterocycles. The van der Waals surface area contributed by atoms with E-state index < -0.39 is 5.91 Å². The fraction of sp³-hybridized carbons (Fsp3) is 0.0476. The Kier molecular flexibility index (Phi) is 5.66. The maximum absolute atomic E-state index is 12.4. The average Bonchev–Trinajstić information content (AvgIpc) is 3.11. The van der Waals surface area contributed by atoms with E-state index in [0.29, 0.717) is 27.3 Å². The Bertz CT molecular complexity index is 1080. The van der Waals surface area contributed by atoms with Crippen LogP contribution in [0.1, 0.15) is 11.3 Å². The lowest BCUT2D eigenvalue weighted by molar-refractivity contribution is -0.112. The van der Waals surface area contributed by atoms with Crippen LogP contribution < -0.4 is 5.32 Å². The van der Waals surface area contributed by atoms with Crippen LogP contribution in [0.2, 0.25) is 10.0 Å². The fourth-order valence-corrected chi connectivity index (χ4v) is 2.80. The van der Waals surface area contributed by atoms with Crippen LogP contribution in [-0.4, -0.2) is 5.91 Å². The molecule has 0 saturated carbocycles. The highest BCUT2D eigenvalue weighted by Crippen LogP contribution is 2.26. The minimum absolute atomic E-state index is 0.0821. The molecule has 0 aliphatic carbocycles. The molecule has 0 unspecified atom stereocenters. The van der Waals surface area contributed by atoms with Gasteiger partial charge in [0.25, 0.3) is 5.91 Å². The average molecular weight is 397 g/mol. The van der Waals surface area contributed by atoms with E-state index in [4.69, 9.17) is 27.6 Å². The highest BCUT2D eigenvalue weighted by molar-refractivity contribution is 6.31. The number of hydrogen-bond acceptors (Lipinski definition) is 3. The van der Waals surface area contributed by atoms with Gasteiger partial charge in [0.1, 0.15) is 23.2 Å². The van der Waals surface area contributed by atoms with Crippen LogP contribution in [0.25, 0.3) is 17.4 Å². The zero-order valence-electron chi connectivity index (χ0n) is 14.3. The molecule has 3 aromatic rings. The number of hydrogen-bond donors (Lipinski definition) is 1. The molecule has 0 bridgehead atoms. The first-order chi connectivity index (χ1) is 13.0. The molecule has 0 fully saturated rings. The Hall–Kier alpha value is -3.00. The number of carbonyl (C=O) groups is 1. The first-order valence-corrected chi connectivity index (χ1v) is 8.77. The number of aryl methyl sites for hydroxylation is 1. The van der Waals surface area contributed by atoms with Gasteiger partial charge in [0.2, 0.25) is 0 Å². The summed E-state index contributed by atoms with van der Waals surface area (Å²) in [5.41, 5.74) is 2.11. The third kappa shape index (κ3) is 4.59. The summed E-state index contributed by atoms with van der Waals surface area (Å²) in [6, 6.07) is 17.7. The lowest BCUT2D eigenvalue weighted by Crippen LogP contribution is -2.14. The summed E-state index contributed by atoms with van der Waals surface area (Å²) >= 11 is 12.0. The quantitative estimate of drug-likeness (QED) is 0.427. The molecule has 1 amide bonds. The van der Waals surface area contributed by atoms with Crippen molar-refractivity contribution in [3.8, 4) is 17.4 Å². The van der Waals surface area contributed by atoms with Crippen molar-refractivity contribution in [1.29, 1.82) is 5.26 Å². The topological polar surface area (TPSA) is 66.0 Å². The van der Waals surface area contributed by atoms with Crippen LogP contribution in [0.4, 0.5) is 5.69 Å². The van der Waals surface area contributed by atoms with Crippen molar-refractivity contribution in [3.63, 3.8) is 0 Å². The first kappa shape index (κ1) is 18.8. The molecule has 3 rings (SSSR count). The number of amides is 1. The first-order valence-electron chi connectivity index (χ1n) is 8.01. The number of halogens is 2. The molecule has 0 radical (unpaired) electrons. The van der Waals surface area contributed by atoms with Gasteiger partial charge in [-0.2, -0.15) is 5.26 Å². The molecule has 1 heterocycles. The van der Waals surface area contributed by atoms with E-state index in [9.17, 15) is 10.1 Å². The minimum atomic E-state index is -0.538. The number of benzene rings is 2. The van der Waals surface area contributed by atoms with Crippen LogP contribution in [-0.2, 0) is 4.79 Å². The molecular formula is C21H14Cl2N2O2. The van der Waals surface area contributed by atoms with Gasteiger partial charge in [-0.25, -0.2) is 0 Å². The van der Waals surface area contributed by atoms with E-state index in [-0.39, 0.29) is 5.57 Å². The summed E-state index contributed by atoms with van der Waals surface area (Å²) in [5.74, 6) is 0.440. The Balaban J connectivity index is 1.83. The van der Waals surface area contributed by atoms with E-state index >= 15 is 0 Å². The Morgan fingerprint density at radius 1 is 1.11 bits per heavy atom. The van der Waals surface area contributed by atoms with Crippen LogP contribution >= 0.6 is 23.2 Å². The smallest absolute Gasteiger partial charge is 0.266 e. The van der Waals surface area contributed by atoms with Gasteiger partial charge < -0.3 is 9.73 Å². The second-order valence-electron chi connectivity index (χ2n) is 5.80. The van der Waals surface area contributed by atoms with E-state index in [1.165, 1.54) is 6.08 Å². The predicted molar refractivity (Wildman–Crippen MR) is 108 cm³/mol. The van der Waals surface area contributed by atoms with Crippen molar-refractivity contribution in [2.45, 2.75) is 6.92 Å². The minimum Gasteiger partial charge on any atom is -0.457 e. The second kappa shape index (κ2) is 8.13. The highest BCUT2D eigenvalue weighted by atomic mass is 35.5. The van der Waals surface area contributed by atoms with Crippen molar-refractivity contribution in [1.82, 2.24) is 0 Å². The van der Waals surface area contributed by atoms with Gasteiger partial charge in [0, 0.05) is 27.4 Å². The molecule has 6 heteroatoms. The molecule has 0 atom stereocenters. The Labute approximate surface area is 166 Å². The van der Waals surface area contributed by atoms with Crippen molar-refractivity contribution in [2.24, 2.45) is 0 Å². The van der Waals surface area contributed by atoms with E-state index in [0.717, 1.165) is 11.1 Å². The third-order valence-corrected chi connectivity index (χ3v) is 4.31. The standard InChI is InChI=1S/C21H14Cl2N2O2/c1-13-5-6-17(23)11-19(13)25-21(26)15(12-24)10-18-7-8-20(27-18)14-3-2-4-16(22)9-14/h2-11H,1H3,(H,25,26)/b15-10+. The summed E-state index contributed by atoms with van der Waals surface area (Å²) in [5, 5.41) is 13.1. The van der Waals surface area contributed by atoms with Crippen molar-refractivity contribution >= 4 is 40.9 Å². The number of carbonyl (C=O) groups excluding carboxylic acids is 1. The van der Waals surface area contributed by atoms with Gasteiger partial charge in [-0.3, -0.25) is 4.79 Å². The van der Waals surface area contributed by atoms with E-state index in [1.807, 2.05) is 25.1 Å². The fourth-order valence-electron chi connectivity index (χ4n) is 2.44. The normalized spacial score (nSPS) is 11.1. The van der Waals surface area contributed by atoms with Crippen molar-refractivity contribution in [3.05, 3.63) is 81.5 Å². The lowest BCUT2D eigenvalue weighted by Gasteiger charge is -2.08. The molecule has 1 N–H and O–H groups in total. The van der Waals surface area contributed by atoms with Crippen LogP contribution in [0, 0.1) is 18.3 Å². The Morgan fingerprint density at radius 2 is 1.89 bits per heavy atom. The molecule has 2 aromatic carbocycles. The maximum atomic E-state index is 12.4. The number of furan rings is 1. The number of rotatable bonds is 4. The molecule has 4 nitrogen and oxygen atoms in total. The van der Waals surface area contributed by atoms with Crippen LogP contribution in [0.5, 0.6) is 0 Å². The SMILES string of the molecule is Cc1ccc(Cl)cc1NC(=O)/C(C#N)=C/c1ccc(-c2cccc(Cl)c2)o1. The zero-order valence-corrected chi connectivity index (χ0v) is 15.8. The molecule has 0 aliphatic rings. The molecule has 1 aromatic heterocycles. The Morgan fingerprint density at radius 3 is 2.63 bits per heavy atom. The van der Waals surface area contributed by atoms with Gasteiger partial charge in [-0.15, -0.1) is 0 Å². The largest absolute Gasteiger partial charge is 0.457 e.